The molecular weight excluding hydrogens is 400 g/mol. The zero-order valence-corrected chi connectivity index (χ0v) is 17.5. The topological polar surface area (TPSA) is 57.7 Å². The Morgan fingerprint density at radius 2 is 1.50 bits per heavy atom. The molecule has 0 atom stereocenters. The molecular formula is C27H22N2O3. The second kappa shape index (κ2) is 8.27. The molecule has 32 heavy (non-hydrogen) atoms. The maximum Gasteiger partial charge on any atom is 0.261 e. The SMILES string of the molecule is O=C(c1ccc2c(c1)C(=O)N(Cc1ccccc1)C2=O)N1CC=C(c2ccccc2)CC1. The van der Waals surface area contributed by atoms with Crippen LogP contribution in [0.5, 0.6) is 0 Å². The molecule has 0 bridgehead atoms. The third kappa shape index (κ3) is 3.62. The van der Waals surface area contributed by atoms with Crippen LogP contribution in [0.25, 0.3) is 5.57 Å². The molecule has 0 fully saturated rings. The molecule has 0 saturated carbocycles. The number of rotatable bonds is 4. The number of imide groups is 1. The first-order valence-electron chi connectivity index (χ1n) is 10.7. The minimum Gasteiger partial charge on any atom is -0.335 e. The highest BCUT2D eigenvalue weighted by Gasteiger charge is 2.36. The summed E-state index contributed by atoms with van der Waals surface area (Å²) in [7, 11) is 0. The van der Waals surface area contributed by atoms with Gasteiger partial charge >= 0.3 is 0 Å². The summed E-state index contributed by atoms with van der Waals surface area (Å²) in [6, 6.07) is 24.4. The summed E-state index contributed by atoms with van der Waals surface area (Å²) >= 11 is 0. The average Bonchev–Trinajstić information content (AvgIpc) is 3.09. The van der Waals surface area contributed by atoms with Gasteiger partial charge in [-0.15, -0.1) is 0 Å². The number of benzene rings is 3. The fourth-order valence-corrected chi connectivity index (χ4v) is 4.28. The van der Waals surface area contributed by atoms with Gasteiger partial charge in [0.15, 0.2) is 0 Å². The van der Waals surface area contributed by atoms with Crippen molar-refractivity contribution in [3.8, 4) is 0 Å². The van der Waals surface area contributed by atoms with Gasteiger partial charge in [0.25, 0.3) is 17.7 Å². The van der Waals surface area contributed by atoms with Crippen LogP contribution in [0.4, 0.5) is 0 Å². The molecule has 0 N–H and O–H groups in total. The Hall–Kier alpha value is -3.99. The number of carbonyl (C=O) groups is 3. The van der Waals surface area contributed by atoms with E-state index < -0.39 is 0 Å². The maximum absolute atomic E-state index is 13.1. The highest BCUT2D eigenvalue weighted by molar-refractivity contribution is 6.22. The van der Waals surface area contributed by atoms with E-state index in [2.05, 4.69) is 18.2 Å². The van der Waals surface area contributed by atoms with E-state index in [-0.39, 0.29) is 24.3 Å². The van der Waals surface area contributed by atoms with Gasteiger partial charge in [0.2, 0.25) is 0 Å². The fraction of sp³-hybridized carbons (Fsp3) is 0.148. The van der Waals surface area contributed by atoms with Crippen molar-refractivity contribution in [1.29, 1.82) is 0 Å². The third-order valence-electron chi connectivity index (χ3n) is 6.04. The monoisotopic (exact) mass is 422 g/mol. The van der Waals surface area contributed by atoms with Gasteiger partial charge in [0, 0.05) is 18.7 Å². The molecule has 0 unspecified atom stereocenters. The van der Waals surface area contributed by atoms with Gasteiger partial charge in [-0.2, -0.15) is 0 Å². The molecule has 5 nitrogen and oxygen atoms in total. The molecule has 2 heterocycles. The first-order chi connectivity index (χ1) is 15.6. The quantitative estimate of drug-likeness (QED) is 0.585. The average molecular weight is 422 g/mol. The highest BCUT2D eigenvalue weighted by atomic mass is 16.2. The standard InChI is InChI=1S/C27H22N2O3/c30-25(28-15-13-21(14-16-28)20-9-5-2-6-10-20)22-11-12-23-24(17-22)27(32)29(26(23)31)18-19-7-3-1-4-8-19/h1-13,17H,14-16,18H2. The zero-order chi connectivity index (χ0) is 22.1. The van der Waals surface area contributed by atoms with Gasteiger partial charge in [-0.05, 0) is 41.3 Å². The summed E-state index contributed by atoms with van der Waals surface area (Å²) in [4.78, 5) is 41.8. The molecule has 0 saturated heterocycles. The van der Waals surface area contributed by atoms with Crippen molar-refractivity contribution in [1.82, 2.24) is 9.80 Å². The minimum absolute atomic E-state index is 0.127. The van der Waals surface area contributed by atoms with E-state index in [1.54, 1.807) is 23.1 Å². The van der Waals surface area contributed by atoms with Crippen LogP contribution in [0, 0.1) is 0 Å². The summed E-state index contributed by atoms with van der Waals surface area (Å²) in [6.07, 6.45) is 2.86. The van der Waals surface area contributed by atoms with Crippen LogP contribution < -0.4 is 0 Å². The highest BCUT2D eigenvalue weighted by Crippen LogP contribution is 2.27. The van der Waals surface area contributed by atoms with Gasteiger partial charge < -0.3 is 4.90 Å². The number of hydrogen-bond donors (Lipinski definition) is 0. The van der Waals surface area contributed by atoms with Gasteiger partial charge in [-0.3, -0.25) is 19.3 Å². The number of carbonyl (C=O) groups excluding carboxylic acids is 3. The normalized spacial score (nSPS) is 15.6. The van der Waals surface area contributed by atoms with Gasteiger partial charge in [0.05, 0.1) is 17.7 Å². The second-order valence-electron chi connectivity index (χ2n) is 8.04. The van der Waals surface area contributed by atoms with Crippen molar-refractivity contribution >= 4 is 23.3 Å². The largest absolute Gasteiger partial charge is 0.335 e. The summed E-state index contributed by atoms with van der Waals surface area (Å²) < 4.78 is 0. The molecule has 0 aromatic heterocycles. The van der Waals surface area contributed by atoms with Crippen LogP contribution >= 0.6 is 0 Å². The van der Waals surface area contributed by atoms with Gasteiger partial charge in [0.1, 0.15) is 0 Å². The molecule has 3 aromatic rings. The minimum atomic E-state index is -0.353. The van der Waals surface area contributed by atoms with E-state index in [9.17, 15) is 14.4 Å². The summed E-state index contributed by atoms with van der Waals surface area (Å²) in [6.45, 7) is 1.35. The fourth-order valence-electron chi connectivity index (χ4n) is 4.28. The van der Waals surface area contributed by atoms with Crippen LogP contribution in [0.1, 0.15) is 48.6 Å². The Kier molecular flexibility index (Phi) is 5.15. The molecule has 3 amide bonds. The van der Waals surface area contributed by atoms with Crippen LogP contribution in [0.2, 0.25) is 0 Å². The van der Waals surface area contributed by atoms with Crippen molar-refractivity contribution in [2.45, 2.75) is 13.0 Å². The first-order valence-corrected chi connectivity index (χ1v) is 10.7. The van der Waals surface area contributed by atoms with E-state index in [0.29, 0.717) is 29.8 Å². The van der Waals surface area contributed by atoms with Gasteiger partial charge in [-0.25, -0.2) is 0 Å². The smallest absolute Gasteiger partial charge is 0.261 e. The van der Waals surface area contributed by atoms with Crippen molar-refractivity contribution in [3.63, 3.8) is 0 Å². The summed E-state index contributed by atoms with van der Waals surface area (Å²) in [5.74, 6) is -0.799. The molecule has 2 aliphatic heterocycles. The molecule has 0 spiro atoms. The predicted molar refractivity (Wildman–Crippen MR) is 122 cm³/mol. The summed E-state index contributed by atoms with van der Waals surface area (Å²) in [5.41, 5.74) is 4.39. The van der Waals surface area contributed by atoms with Gasteiger partial charge in [-0.1, -0.05) is 66.7 Å². The third-order valence-corrected chi connectivity index (χ3v) is 6.04. The van der Waals surface area contributed by atoms with E-state index in [1.807, 2.05) is 48.5 Å². The Morgan fingerprint density at radius 3 is 2.19 bits per heavy atom. The van der Waals surface area contributed by atoms with E-state index in [1.165, 1.54) is 16.0 Å². The second-order valence-corrected chi connectivity index (χ2v) is 8.04. The Bertz CT molecular complexity index is 1230. The lowest BCUT2D eigenvalue weighted by Crippen LogP contribution is -2.34. The zero-order valence-electron chi connectivity index (χ0n) is 17.5. The van der Waals surface area contributed by atoms with Crippen molar-refractivity contribution in [3.05, 3.63) is 113 Å². The van der Waals surface area contributed by atoms with E-state index >= 15 is 0 Å². The Morgan fingerprint density at radius 1 is 0.812 bits per heavy atom. The van der Waals surface area contributed by atoms with Crippen LogP contribution in [-0.4, -0.2) is 40.6 Å². The number of fused-ring (bicyclic) bond motifs is 1. The Balaban J connectivity index is 1.33. The number of nitrogens with zero attached hydrogens (tertiary/aromatic N) is 2. The van der Waals surface area contributed by atoms with Crippen molar-refractivity contribution in [2.75, 3.05) is 13.1 Å². The number of amides is 3. The van der Waals surface area contributed by atoms with Crippen LogP contribution in [0.3, 0.4) is 0 Å². The molecule has 3 aromatic carbocycles. The lowest BCUT2D eigenvalue weighted by atomic mass is 9.98. The van der Waals surface area contributed by atoms with Crippen molar-refractivity contribution in [2.24, 2.45) is 0 Å². The molecule has 2 aliphatic rings. The maximum atomic E-state index is 13.1. The molecule has 5 heteroatoms. The van der Waals surface area contributed by atoms with E-state index in [0.717, 1.165) is 12.0 Å². The van der Waals surface area contributed by atoms with Crippen LogP contribution in [-0.2, 0) is 6.54 Å². The molecule has 158 valence electrons. The number of hydrogen-bond acceptors (Lipinski definition) is 3. The van der Waals surface area contributed by atoms with Crippen molar-refractivity contribution < 1.29 is 14.4 Å². The van der Waals surface area contributed by atoms with Crippen LogP contribution in [0.15, 0.2) is 84.9 Å². The lowest BCUT2D eigenvalue weighted by Gasteiger charge is -2.27. The molecule has 0 radical (unpaired) electrons. The molecule has 5 rings (SSSR count). The predicted octanol–water partition coefficient (Wildman–Crippen LogP) is 4.41. The lowest BCUT2D eigenvalue weighted by molar-refractivity contribution is 0.0642. The van der Waals surface area contributed by atoms with E-state index in [4.69, 9.17) is 0 Å². The summed E-state index contributed by atoms with van der Waals surface area (Å²) in [5, 5.41) is 0. The molecule has 0 aliphatic carbocycles. The Labute approximate surface area is 186 Å². The first kappa shape index (κ1) is 19.9.